The SMILES string of the molecule is Cc1ccc(C(=O)CCC(=O)NC(C)C(=O)Nc2ccccc2F)cc1. The maximum Gasteiger partial charge on any atom is 0.246 e. The number of amides is 2. The molecular weight excluding hydrogens is 335 g/mol. The van der Waals surface area contributed by atoms with E-state index in [0.717, 1.165) is 5.56 Å². The molecule has 2 aromatic carbocycles. The predicted molar refractivity (Wildman–Crippen MR) is 97.4 cm³/mol. The highest BCUT2D eigenvalue weighted by Gasteiger charge is 2.17. The number of hydrogen-bond donors (Lipinski definition) is 2. The standard InChI is InChI=1S/C20H21FN2O3/c1-13-7-9-15(10-8-13)18(24)11-12-19(25)22-14(2)20(26)23-17-6-4-3-5-16(17)21/h3-10,14H,11-12H2,1-2H3,(H,22,25)(H,23,26). The second kappa shape index (κ2) is 8.89. The number of rotatable bonds is 7. The van der Waals surface area contributed by atoms with Crippen LogP contribution in [0.3, 0.4) is 0 Å². The summed E-state index contributed by atoms with van der Waals surface area (Å²) < 4.78 is 13.5. The molecule has 136 valence electrons. The Morgan fingerprint density at radius 3 is 2.31 bits per heavy atom. The van der Waals surface area contributed by atoms with E-state index in [0.29, 0.717) is 5.56 Å². The third kappa shape index (κ3) is 5.51. The van der Waals surface area contributed by atoms with Gasteiger partial charge in [-0.2, -0.15) is 0 Å². The maximum atomic E-state index is 13.5. The van der Waals surface area contributed by atoms with E-state index in [2.05, 4.69) is 10.6 Å². The van der Waals surface area contributed by atoms with Gasteiger partial charge in [0.15, 0.2) is 5.78 Å². The maximum absolute atomic E-state index is 13.5. The molecule has 0 radical (unpaired) electrons. The van der Waals surface area contributed by atoms with Gasteiger partial charge in [-0.25, -0.2) is 4.39 Å². The predicted octanol–water partition coefficient (Wildman–Crippen LogP) is 3.24. The summed E-state index contributed by atoms with van der Waals surface area (Å²) in [6.07, 6.45) is 0.0283. The first kappa shape index (κ1) is 19.3. The van der Waals surface area contributed by atoms with Crippen LogP contribution in [0.2, 0.25) is 0 Å². The topological polar surface area (TPSA) is 75.3 Å². The molecule has 0 saturated carbocycles. The molecule has 0 spiro atoms. The van der Waals surface area contributed by atoms with E-state index in [1.807, 2.05) is 19.1 Å². The van der Waals surface area contributed by atoms with E-state index in [9.17, 15) is 18.8 Å². The molecule has 1 unspecified atom stereocenters. The van der Waals surface area contributed by atoms with Gasteiger partial charge in [-0.15, -0.1) is 0 Å². The molecule has 6 heteroatoms. The molecule has 0 fully saturated rings. The van der Waals surface area contributed by atoms with E-state index in [-0.39, 0.29) is 24.3 Å². The van der Waals surface area contributed by atoms with Crippen molar-refractivity contribution in [3.63, 3.8) is 0 Å². The molecule has 0 aromatic heterocycles. The van der Waals surface area contributed by atoms with Crippen LogP contribution in [-0.4, -0.2) is 23.6 Å². The number of anilines is 1. The lowest BCUT2D eigenvalue weighted by Crippen LogP contribution is -2.41. The molecule has 2 rings (SSSR count). The smallest absolute Gasteiger partial charge is 0.246 e. The van der Waals surface area contributed by atoms with Gasteiger partial charge in [0, 0.05) is 18.4 Å². The molecule has 0 bridgehead atoms. The zero-order valence-corrected chi connectivity index (χ0v) is 14.7. The minimum absolute atomic E-state index is 0.0238. The molecule has 0 aliphatic carbocycles. The quantitative estimate of drug-likeness (QED) is 0.748. The van der Waals surface area contributed by atoms with E-state index in [1.165, 1.54) is 25.1 Å². The number of para-hydroxylation sites is 1. The fourth-order valence-corrected chi connectivity index (χ4v) is 2.29. The lowest BCUT2D eigenvalue weighted by molar-refractivity contribution is -0.126. The van der Waals surface area contributed by atoms with Gasteiger partial charge in [-0.05, 0) is 26.0 Å². The fourth-order valence-electron chi connectivity index (χ4n) is 2.29. The lowest BCUT2D eigenvalue weighted by atomic mass is 10.0. The Hall–Kier alpha value is -3.02. The first-order chi connectivity index (χ1) is 12.4. The minimum Gasteiger partial charge on any atom is -0.345 e. The first-order valence-corrected chi connectivity index (χ1v) is 8.31. The molecule has 26 heavy (non-hydrogen) atoms. The lowest BCUT2D eigenvalue weighted by Gasteiger charge is -2.14. The molecule has 2 N–H and O–H groups in total. The summed E-state index contributed by atoms with van der Waals surface area (Å²) in [6.45, 7) is 3.42. The number of ketones is 1. The van der Waals surface area contributed by atoms with E-state index in [4.69, 9.17) is 0 Å². The van der Waals surface area contributed by atoms with E-state index >= 15 is 0 Å². The molecular formula is C20H21FN2O3. The van der Waals surface area contributed by atoms with Crippen molar-refractivity contribution in [1.29, 1.82) is 0 Å². The van der Waals surface area contributed by atoms with Crippen molar-refractivity contribution in [3.8, 4) is 0 Å². The molecule has 0 aliphatic heterocycles. The van der Waals surface area contributed by atoms with Crippen molar-refractivity contribution < 1.29 is 18.8 Å². The number of Topliss-reactive ketones (excluding diaryl/α,β-unsaturated/α-hetero) is 1. The van der Waals surface area contributed by atoms with Crippen LogP contribution in [0.1, 0.15) is 35.7 Å². The van der Waals surface area contributed by atoms with Crippen LogP contribution in [0.4, 0.5) is 10.1 Å². The molecule has 0 aliphatic rings. The molecule has 5 nitrogen and oxygen atoms in total. The van der Waals surface area contributed by atoms with Crippen LogP contribution in [0.5, 0.6) is 0 Å². The average molecular weight is 356 g/mol. The first-order valence-electron chi connectivity index (χ1n) is 8.31. The highest BCUT2D eigenvalue weighted by molar-refractivity contribution is 5.99. The molecule has 2 amide bonds. The van der Waals surface area contributed by atoms with Gasteiger partial charge in [0.25, 0.3) is 0 Å². The molecule has 2 aromatic rings. The van der Waals surface area contributed by atoms with Gasteiger partial charge in [0.05, 0.1) is 5.69 Å². The third-order valence-corrected chi connectivity index (χ3v) is 3.86. The minimum atomic E-state index is -0.850. The zero-order valence-electron chi connectivity index (χ0n) is 14.7. The zero-order chi connectivity index (χ0) is 19.1. The van der Waals surface area contributed by atoms with Gasteiger partial charge in [0.1, 0.15) is 11.9 Å². The summed E-state index contributed by atoms with van der Waals surface area (Å²) in [4.78, 5) is 36.0. The van der Waals surface area contributed by atoms with Crippen molar-refractivity contribution >= 4 is 23.3 Å². The highest BCUT2D eigenvalue weighted by atomic mass is 19.1. The van der Waals surface area contributed by atoms with E-state index < -0.39 is 23.7 Å². The third-order valence-electron chi connectivity index (χ3n) is 3.86. The second-order valence-corrected chi connectivity index (χ2v) is 6.05. The summed E-state index contributed by atoms with van der Waals surface area (Å²) >= 11 is 0. The highest BCUT2D eigenvalue weighted by Crippen LogP contribution is 2.12. The number of hydrogen-bond acceptors (Lipinski definition) is 3. The van der Waals surface area contributed by atoms with Crippen LogP contribution in [0.15, 0.2) is 48.5 Å². The van der Waals surface area contributed by atoms with E-state index in [1.54, 1.807) is 18.2 Å². The van der Waals surface area contributed by atoms with Crippen molar-refractivity contribution in [1.82, 2.24) is 5.32 Å². The van der Waals surface area contributed by atoms with Gasteiger partial charge < -0.3 is 10.6 Å². The Morgan fingerprint density at radius 1 is 1.00 bits per heavy atom. The number of benzene rings is 2. The average Bonchev–Trinajstić information content (AvgIpc) is 2.62. The number of carbonyl (C=O) groups excluding carboxylic acids is 3. The fraction of sp³-hybridized carbons (Fsp3) is 0.250. The van der Waals surface area contributed by atoms with Crippen LogP contribution >= 0.6 is 0 Å². The summed E-state index contributed by atoms with van der Waals surface area (Å²) in [7, 11) is 0. The Kier molecular flexibility index (Phi) is 6.60. The van der Waals surface area contributed by atoms with Crippen LogP contribution in [0, 0.1) is 12.7 Å². The summed E-state index contributed by atoms with van der Waals surface area (Å²) in [5.74, 6) is -1.64. The number of halogens is 1. The molecule has 0 heterocycles. The van der Waals surface area contributed by atoms with Gasteiger partial charge in [-0.3, -0.25) is 14.4 Å². The summed E-state index contributed by atoms with van der Waals surface area (Å²) in [5.41, 5.74) is 1.65. The summed E-state index contributed by atoms with van der Waals surface area (Å²) in [5, 5.41) is 4.93. The monoisotopic (exact) mass is 356 g/mol. The van der Waals surface area contributed by atoms with Crippen molar-refractivity contribution in [2.45, 2.75) is 32.7 Å². The van der Waals surface area contributed by atoms with Crippen molar-refractivity contribution in [2.75, 3.05) is 5.32 Å². The number of nitrogens with one attached hydrogen (secondary N) is 2. The van der Waals surface area contributed by atoms with Crippen molar-refractivity contribution in [2.24, 2.45) is 0 Å². The van der Waals surface area contributed by atoms with Gasteiger partial charge in [-0.1, -0.05) is 42.0 Å². The normalized spacial score (nSPS) is 11.5. The number of carbonyl (C=O) groups is 3. The largest absolute Gasteiger partial charge is 0.345 e. The van der Waals surface area contributed by atoms with Crippen molar-refractivity contribution in [3.05, 3.63) is 65.5 Å². The van der Waals surface area contributed by atoms with Gasteiger partial charge in [0.2, 0.25) is 11.8 Å². The van der Waals surface area contributed by atoms with Crippen LogP contribution in [-0.2, 0) is 9.59 Å². The molecule has 0 saturated heterocycles. The number of aryl methyl sites for hydroxylation is 1. The van der Waals surface area contributed by atoms with Crippen LogP contribution < -0.4 is 10.6 Å². The summed E-state index contributed by atoms with van der Waals surface area (Å²) in [6, 6.07) is 12.0. The Balaban J connectivity index is 1.81. The Morgan fingerprint density at radius 2 is 1.65 bits per heavy atom. The van der Waals surface area contributed by atoms with Gasteiger partial charge >= 0.3 is 0 Å². The Labute approximate surface area is 151 Å². The molecule has 1 atom stereocenters. The van der Waals surface area contributed by atoms with Crippen LogP contribution in [0.25, 0.3) is 0 Å². The Bertz CT molecular complexity index is 803. The second-order valence-electron chi connectivity index (χ2n) is 6.05.